The monoisotopic (exact) mass is 768 g/mol. The van der Waals surface area contributed by atoms with E-state index in [1.807, 2.05) is 56.6 Å². The number of sulfonamides is 1. The van der Waals surface area contributed by atoms with Crippen LogP contribution in [0.25, 0.3) is 0 Å². The second kappa shape index (κ2) is 17.6. The summed E-state index contributed by atoms with van der Waals surface area (Å²) in [4.78, 5) is 32.7. The number of carbonyl (C=O) groups is 1. The third kappa shape index (κ3) is 10.6. The molecule has 0 unspecified atom stereocenters. The molecule has 0 bridgehead atoms. The van der Waals surface area contributed by atoms with Crippen molar-refractivity contribution in [1.82, 2.24) is 14.5 Å². The Kier molecular flexibility index (Phi) is 13.3. The van der Waals surface area contributed by atoms with E-state index in [0.29, 0.717) is 5.69 Å². The van der Waals surface area contributed by atoms with E-state index in [9.17, 15) is 18.1 Å². The van der Waals surface area contributed by atoms with Crippen LogP contribution in [0.15, 0.2) is 97.8 Å². The number of anilines is 2. The van der Waals surface area contributed by atoms with Crippen LogP contribution in [-0.2, 0) is 10.0 Å². The maximum Gasteiger partial charge on any atom is 0.264 e. The lowest BCUT2D eigenvalue weighted by molar-refractivity contribution is 0.0981. The van der Waals surface area contributed by atoms with Gasteiger partial charge in [0, 0.05) is 60.7 Å². The molecule has 0 saturated carbocycles. The van der Waals surface area contributed by atoms with Crippen LogP contribution in [0.1, 0.15) is 42.5 Å². The number of piperazine rings is 1. The molecule has 0 spiro atoms. The number of hydrogen-bond donors (Lipinski definition) is 2. The summed E-state index contributed by atoms with van der Waals surface area (Å²) in [6.45, 7) is 5.51. The Morgan fingerprint density at radius 2 is 1.69 bits per heavy atom. The number of amides is 1. The van der Waals surface area contributed by atoms with Crippen LogP contribution in [0.3, 0.4) is 0 Å². The average Bonchev–Trinajstić information content (AvgIpc) is 3.11. The summed E-state index contributed by atoms with van der Waals surface area (Å²) in [6, 6.07) is 21.1. The number of thioether (sulfide) groups is 1. The smallest absolute Gasteiger partial charge is 0.264 e. The van der Waals surface area contributed by atoms with Gasteiger partial charge in [0.15, 0.2) is 0 Å². The Morgan fingerprint density at radius 3 is 2.37 bits per heavy atom. The molecule has 3 aromatic rings. The van der Waals surface area contributed by atoms with Gasteiger partial charge >= 0.3 is 0 Å². The van der Waals surface area contributed by atoms with E-state index < -0.39 is 15.9 Å². The molecule has 2 aliphatic rings. The Hall–Kier alpha value is -3.23. The highest BCUT2D eigenvalue weighted by molar-refractivity contribution is 9.11. The summed E-state index contributed by atoms with van der Waals surface area (Å²) in [6.07, 6.45) is 5.63. The van der Waals surface area contributed by atoms with Crippen LogP contribution >= 0.6 is 27.7 Å². The summed E-state index contributed by atoms with van der Waals surface area (Å²) < 4.78 is 30.0. The van der Waals surface area contributed by atoms with Crippen molar-refractivity contribution >= 4 is 60.7 Å². The minimum Gasteiger partial charge on any atom is -0.380 e. The van der Waals surface area contributed by atoms with Crippen molar-refractivity contribution in [2.45, 2.75) is 47.9 Å². The Balaban J connectivity index is 1.18. The second-order valence-corrected chi connectivity index (χ2v) is 16.5. The Labute approximate surface area is 302 Å². The number of nitrogens with zero attached hydrogens (tertiary/aromatic N) is 4. The van der Waals surface area contributed by atoms with E-state index in [4.69, 9.17) is 0 Å². The van der Waals surface area contributed by atoms with Gasteiger partial charge in [-0.15, -0.1) is 16.7 Å². The molecule has 1 aliphatic carbocycles. The van der Waals surface area contributed by atoms with E-state index in [-0.39, 0.29) is 22.2 Å². The molecule has 1 aliphatic heterocycles. The van der Waals surface area contributed by atoms with E-state index in [0.717, 1.165) is 68.4 Å². The van der Waals surface area contributed by atoms with Crippen molar-refractivity contribution in [3.8, 4) is 0 Å². The van der Waals surface area contributed by atoms with Crippen LogP contribution in [0.4, 0.5) is 17.1 Å². The number of nitroso groups, excluding NO2 is 1. The number of nitrogens with one attached hydrogen (secondary N) is 2. The lowest BCUT2D eigenvalue weighted by Gasteiger charge is -2.37. The third-order valence-electron chi connectivity index (χ3n) is 8.87. The molecule has 5 rings (SSSR count). The molecule has 3 aromatic carbocycles. The molecule has 10 nitrogen and oxygen atoms in total. The van der Waals surface area contributed by atoms with E-state index in [1.54, 1.807) is 23.9 Å². The standard InChI is InChI=1S/C36H45BrN6O4S2/c1-41(2)19-18-29(26-48-31-9-4-3-5-10-31)38-34-17-16-32(24-35(34)39-45)49(46,47)40-36(44)27-12-14-30(15-13-27)43-22-20-42(21-23-43)25-28-8-6-7-11-33(28)37/h3-5,9-10,12-17,24,29,38H,6-8,11,18-23,25-26H2,1-2H3,(H,40,44)/t29-/m1/s1. The highest BCUT2D eigenvalue weighted by atomic mass is 79.9. The van der Waals surface area contributed by atoms with Gasteiger partial charge in [-0.1, -0.05) is 34.1 Å². The molecule has 0 aromatic heterocycles. The minimum atomic E-state index is -4.27. The SMILES string of the molecule is CN(C)CC[C@H](CSc1ccccc1)Nc1ccc(S(=O)(=O)NC(=O)c2ccc(N3CCN(CC4=C(Br)CCCC4)CC3)cc2)cc1N=O. The van der Waals surface area contributed by atoms with Gasteiger partial charge in [-0.25, -0.2) is 13.1 Å². The van der Waals surface area contributed by atoms with Gasteiger partial charge in [-0.05, 0) is 123 Å². The van der Waals surface area contributed by atoms with E-state index >= 15 is 0 Å². The molecule has 1 saturated heterocycles. The molecule has 1 atom stereocenters. The lowest BCUT2D eigenvalue weighted by Crippen LogP contribution is -2.47. The zero-order chi connectivity index (χ0) is 34.8. The van der Waals surface area contributed by atoms with Crippen molar-refractivity contribution < 1.29 is 13.2 Å². The predicted octanol–water partition coefficient (Wildman–Crippen LogP) is 7.07. The molecule has 13 heteroatoms. The summed E-state index contributed by atoms with van der Waals surface area (Å²) in [7, 11) is -0.266. The van der Waals surface area contributed by atoms with Crippen LogP contribution in [-0.4, -0.2) is 89.3 Å². The van der Waals surface area contributed by atoms with Gasteiger partial charge in [0.05, 0.1) is 10.6 Å². The molecule has 1 heterocycles. The minimum absolute atomic E-state index is 0.0104. The molecule has 262 valence electrons. The lowest BCUT2D eigenvalue weighted by atomic mass is 9.99. The molecule has 1 fully saturated rings. The Bertz CT molecular complexity index is 1710. The number of carbonyl (C=O) groups excluding carboxylic acids is 1. The quantitative estimate of drug-likeness (QED) is 0.124. The predicted molar refractivity (Wildman–Crippen MR) is 204 cm³/mol. The fourth-order valence-corrected chi connectivity index (χ4v) is 8.61. The number of hydrogen-bond acceptors (Lipinski definition) is 10. The van der Waals surface area contributed by atoms with Gasteiger partial charge in [0.25, 0.3) is 15.9 Å². The van der Waals surface area contributed by atoms with Crippen LogP contribution in [0.2, 0.25) is 0 Å². The Morgan fingerprint density at radius 1 is 0.980 bits per heavy atom. The molecule has 0 radical (unpaired) electrons. The van der Waals surface area contributed by atoms with Crippen molar-refractivity contribution in [3.05, 3.63) is 93.3 Å². The van der Waals surface area contributed by atoms with Crippen LogP contribution in [0, 0.1) is 4.91 Å². The van der Waals surface area contributed by atoms with Crippen molar-refractivity contribution in [2.75, 3.05) is 69.3 Å². The first-order valence-electron chi connectivity index (χ1n) is 16.7. The second-order valence-electron chi connectivity index (χ2n) is 12.8. The highest BCUT2D eigenvalue weighted by Crippen LogP contribution is 2.31. The average molecular weight is 770 g/mol. The highest BCUT2D eigenvalue weighted by Gasteiger charge is 2.23. The van der Waals surface area contributed by atoms with Crippen LogP contribution < -0.4 is 14.9 Å². The molecular weight excluding hydrogens is 724 g/mol. The summed E-state index contributed by atoms with van der Waals surface area (Å²) >= 11 is 5.47. The molecule has 49 heavy (non-hydrogen) atoms. The topological polar surface area (TPSA) is 114 Å². The fraction of sp³-hybridized carbons (Fsp3) is 0.417. The zero-order valence-corrected chi connectivity index (χ0v) is 31.3. The van der Waals surface area contributed by atoms with Crippen molar-refractivity contribution in [2.24, 2.45) is 5.18 Å². The van der Waals surface area contributed by atoms with Crippen molar-refractivity contribution in [1.29, 1.82) is 0 Å². The van der Waals surface area contributed by atoms with Gasteiger partial charge in [-0.2, -0.15) is 0 Å². The number of rotatable bonds is 15. The molecule has 2 N–H and O–H groups in total. The number of halogens is 1. The fourth-order valence-electron chi connectivity index (χ4n) is 6.01. The van der Waals surface area contributed by atoms with Gasteiger partial charge in [0.2, 0.25) is 0 Å². The first kappa shape index (κ1) is 37.0. The number of benzene rings is 3. The summed E-state index contributed by atoms with van der Waals surface area (Å²) in [5.41, 5.74) is 3.14. The van der Waals surface area contributed by atoms with Gasteiger partial charge < -0.3 is 15.1 Å². The normalized spacial score (nSPS) is 16.4. The maximum atomic E-state index is 13.2. The van der Waals surface area contributed by atoms with Crippen LogP contribution in [0.5, 0.6) is 0 Å². The molecular formula is C36H45BrN6O4S2. The van der Waals surface area contributed by atoms with Gasteiger partial charge in [0.1, 0.15) is 5.69 Å². The largest absolute Gasteiger partial charge is 0.380 e. The first-order valence-corrected chi connectivity index (χ1v) is 19.9. The maximum absolute atomic E-state index is 13.2. The third-order valence-corrected chi connectivity index (χ3v) is 12.3. The zero-order valence-electron chi connectivity index (χ0n) is 28.1. The summed E-state index contributed by atoms with van der Waals surface area (Å²) in [5.74, 6) is -0.00935. The van der Waals surface area contributed by atoms with Crippen molar-refractivity contribution in [3.63, 3.8) is 0 Å². The summed E-state index contributed by atoms with van der Waals surface area (Å²) in [5, 5.41) is 6.51. The number of allylic oxidation sites excluding steroid dienone is 1. The molecule has 1 amide bonds. The van der Waals surface area contributed by atoms with E-state index in [2.05, 4.69) is 45.8 Å². The van der Waals surface area contributed by atoms with Gasteiger partial charge in [-0.3, -0.25) is 9.69 Å². The first-order chi connectivity index (χ1) is 23.6. The van der Waals surface area contributed by atoms with E-state index in [1.165, 1.54) is 47.5 Å².